The lowest BCUT2D eigenvalue weighted by Gasteiger charge is -2.33. The maximum absolute atomic E-state index is 11.2. The van der Waals surface area contributed by atoms with Crippen LogP contribution in [0, 0.1) is 79.4 Å². The highest BCUT2D eigenvalue weighted by atomic mass is 16.7. The average molecular weight is 707 g/mol. The lowest BCUT2D eigenvalue weighted by molar-refractivity contribution is -0.626. The van der Waals surface area contributed by atoms with Crippen molar-refractivity contribution in [2.45, 2.75) is 79.4 Å². The van der Waals surface area contributed by atoms with Gasteiger partial charge in [-0.2, -0.15) is 0 Å². The van der Waals surface area contributed by atoms with Crippen LogP contribution in [-0.2, 0) is 9.59 Å². The number of rotatable bonds is 8. The Kier molecular flexibility index (Phi) is 23.8. The summed E-state index contributed by atoms with van der Waals surface area (Å²) in [5.41, 5.74) is -2.16. The van der Waals surface area contributed by atoms with Crippen LogP contribution in [0.25, 0.3) is 0 Å². The van der Waals surface area contributed by atoms with Crippen LogP contribution >= 0.6 is 0 Å². The van der Waals surface area contributed by atoms with Crippen molar-refractivity contribution in [2.75, 3.05) is 0 Å². The zero-order valence-corrected chi connectivity index (χ0v) is 27.6. The lowest BCUT2D eigenvalue weighted by Crippen LogP contribution is -2.56. The van der Waals surface area contributed by atoms with Crippen molar-refractivity contribution >= 4 is 28.6 Å². The number of non-ortho nitro benzene ring substituents is 1. The minimum atomic E-state index is -1.46. The summed E-state index contributed by atoms with van der Waals surface area (Å²) >= 11 is 0. The second-order valence-electron chi connectivity index (χ2n) is 10.3. The predicted molar refractivity (Wildman–Crippen MR) is 166 cm³/mol. The van der Waals surface area contributed by atoms with Gasteiger partial charge in [-0.1, -0.05) is 13.8 Å². The van der Waals surface area contributed by atoms with Crippen molar-refractivity contribution in [2.24, 2.45) is 11.8 Å². The van der Waals surface area contributed by atoms with E-state index in [1.165, 1.54) is 48.5 Å². The van der Waals surface area contributed by atoms with E-state index in [0.717, 1.165) is 0 Å². The second kappa shape index (κ2) is 23.3. The molecule has 1 aromatic carbocycles. The Morgan fingerprint density at radius 2 is 1.04 bits per heavy atom. The highest BCUT2D eigenvalue weighted by Gasteiger charge is 2.58. The number of nitro benzene ring substituents is 3. The van der Waals surface area contributed by atoms with Gasteiger partial charge in [0.25, 0.3) is 17.1 Å². The Labute approximate surface area is 278 Å². The zero-order valence-electron chi connectivity index (χ0n) is 27.6. The number of hydrogen-bond acceptors (Lipinski definition) is 16. The smallest absolute Gasteiger partial charge is 0.286 e. The molecule has 0 spiro atoms. The van der Waals surface area contributed by atoms with Crippen LogP contribution in [0.5, 0.6) is 0 Å². The van der Waals surface area contributed by atoms with Crippen molar-refractivity contribution in [3.05, 3.63) is 103 Å². The molecule has 1 aliphatic carbocycles. The molecule has 49 heavy (non-hydrogen) atoms. The minimum absolute atomic E-state index is 0. The Balaban J connectivity index is -0.000000309. The van der Waals surface area contributed by atoms with Crippen LogP contribution in [0.3, 0.4) is 0 Å². The first-order chi connectivity index (χ1) is 21.7. The van der Waals surface area contributed by atoms with Gasteiger partial charge in [-0.05, 0) is 34.6 Å². The molecule has 1 saturated carbocycles. The van der Waals surface area contributed by atoms with Gasteiger partial charge in [0.05, 0.1) is 39.2 Å². The number of carbonyl (C=O) groups excluding carboxylic acids is 2. The molecule has 2 N–H and O–H groups in total. The number of nitro groups is 6. The monoisotopic (exact) mass is 706 g/mol. The summed E-state index contributed by atoms with van der Waals surface area (Å²) in [5.74, 6) is -2.47. The Morgan fingerprint density at radius 3 is 1.27 bits per heavy atom. The van der Waals surface area contributed by atoms with Crippen molar-refractivity contribution < 1.29 is 54.8 Å². The third kappa shape index (κ3) is 20.0. The van der Waals surface area contributed by atoms with Gasteiger partial charge in [0.2, 0.25) is 18.1 Å². The first-order valence-corrected chi connectivity index (χ1v) is 13.3. The number of benzene rings is 1. The fourth-order valence-electron chi connectivity index (χ4n) is 4.09. The molecular weight excluding hydrogens is 668 g/mol. The summed E-state index contributed by atoms with van der Waals surface area (Å²) in [6.07, 6.45) is -0.699. The fourth-order valence-corrected chi connectivity index (χ4v) is 4.09. The first-order valence-electron chi connectivity index (χ1n) is 13.3. The molecule has 1 aliphatic rings. The van der Waals surface area contributed by atoms with Gasteiger partial charge >= 0.3 is 0 Å². The topological polar surface area (TPSA) is 371 Å². The molecule has 0 aliphatic heterocycles. The van der Waals surface area contributed by atoms with Gasteiger partial charge in [-0.25, -0.2) is 0 Å². The molecule has 0 radical (unpaired) electrons. The molecule has 23 heteroatoms. The average Bonchev–Trinajstić information content (AvgIpc) is 2.86. The number of hydrogen-bond donors (Lipinski definition) is 0. The number of Topliss-reactive ketones (excluding diaryl/α,β-unsaturated/α-hetero) is 2. The van der Waals surface area contributed by atoms with Gasteiger partial charge in [0.1, 0.15) is 23.0 Å². The molecule has 5 atom stereocenters. The molecule has 0 bridgehead atoms. The van der Waals surface area contributed by atoms with Crippen molar-refractivity contribution in [3.63, 3.8) is 0 Å². The normalized spacial score (nSPS) is 18.4. The van der Waals surface area contributed by atoms with E-state index in [4.69, 9.17) is 0 Å². The largest absolute Gasteiger partial charge is 0.876 e. The molecule has 0 amide bonds. The van der Waals surface area contributed by atoms with E-state index in [-0.39, 0.29) is 41.2 Å². The summed E-state index contributed by atoms with van der Waals surface area (Å²) in [4.78, 5) is 80.3. The summed E-state index contributed by atoms with van der Waals surface area (Å²) in [5, 5.41) is 83.3. The first kappa shape index (κ1) is 49.9. The highest BCUT2D eigenvalue weighted by molar-refractivity contribution is 5.75. The van der Waals surface area contributed by atoms with Crippen LogP contribution < -0.4 is 10.2 Å². The van der Waals surface area contributed by atoms with Crippen LogP contribution in [0.2, 0.25) is 0 Å². The van der Waals surface area contributed by atoms with E-state index in [1.807, 2.05) is 0 Å². The van der Waals surface area contributed by atoms with Crippen LogP contribution in [0.4, 0.5) is 17.1 Å². The molecule has 23 nitrogen and oxygen atoms in total. The minimum Gasteiger partial charge on any atom is -0.876 e. The Morgan fingerprint density at radius 1 is 0.714 bits per heavy atom. The maximum Gasteiger partial charge on any atom is 0.286 e. The van der Waals surface area contributed by atoms with E-state index in [1.54, 1.807) is 0 Å². The van der Waals surface area contributed by atoms with E-state index in [2.05, 4.69) is 13.2 Å². The van der Waals surface area contributed by atoms with Gasteiger partial charge in [-0.3, -0.25) is 60.7 Å². The predicted octanol–water partition coefficient (Wildman–Crippen LogP) is 1.81. The van der Waals surface area contributed by atoms with Crippen molar-refractivity contribution in [3.8, 4) is 0 Å². The van der Waals surface area contributed by atoms with Crippen LogP contribution in [0.1, 0.15) is 59.9 Å². The third-order valence-electron chi connectivity index (χ3n) is 5.81. The van der Waals surface area contributed by atoms with Crippen LogP contribution in [-0.4, -0.2) is 64.7 Å². The Bertz CT molecular complexity index is 1340. The second-order valence-corrected chi connectivity index (χ2v) is 10.3. The molecule has 276 valence electrons. The highest BCUT2D eigenvalue weighted by Crippen LogP contribution is 2.37. The molecular formula is C26H38N6O17-2. The van der Waals surface area contributed by atoms with E-state index >= 15 is 0 Å². The molecule has 1 fully saturated rings. The van der Waals surface area contributed by atoms with Gasteiger partial charge in [0, 0.05) is 21.2 Å². The zero-order chi connectivity index (χ0) is 38.8. The molecule has 0 heterocycles. The van der Waals surface area contributed by atoms with Crippen molar-refractivity contribution in [1.82, 2.24) is 0 Å². The van der Waals surface area contributed by atoms with Gasteiger partial charge in [-0.15, -0.1) is 24.7 Å². The fraction of sp³-hybridized carbons (Fsp3) is 0.538. The molecule has 5 unspecified atom stereocenters. The number of allylic oxidation sites excluding steroid dienone is 2. The maximum atomic E-state index is 11.2. The quantitative estimate of drug-likeness (QED) is 0.211. The summed E-state index contributed by atoms with van der Waals surface area (Å²) in [6, 6.07) is -2.85. The molecule has 0 aromatic heterocycles. The summed E-state index contributed by atoms with van der Waals surface area (Å²) in [7, 11) is 0. The summed E-state index contributed by atoms with van der Waals surface area (Å²) in [6.45, 7) is 15.6. The number of ketones is 2. The Hall–Kier alpha value is -6.00. The third-order valence-corrected chi connectivity index (χ3v) is 5.81. The van der Waals surface area contributed by atoms with E-state index in [9.17, 15) is 80.5 Å². The number of nitrogens with zero attached hydrogens (tertiary/aromatic N) is 6. The van der Waals surface area contributed by atoms with Gasteiger partial charge in [0.15, 0.2) is 0 Å². The van der Waals surface area contributed by atoms with Gasteiger partial charge < -0.3 is 25.3 Å². The standard InChI is InChI=1S/C10H15N3O7.C7H5N3O6.3C3H6O.H2O/c1-5(14)3-7-9(12(17)18)4-8(11(15)16)6(2)10(7)13(19)20;1-4-6(9(13)14)2-5(8(11)12)3-7(4)10(15)16;3*1-3(2)4;/h6-10H,3-4H2,1-2H3;2-3H,1H3;1-2H3;2*4H,1H2,2H3;1H2/p-2. The van der Waals surface area contributed by atoms with E-state index < -0.39 is 82.3 Å². The molecule has 0 saturated heterocycles. The number of carbonyl (C=O) groups is 2. The lowest BCUT2D eigenvalue weighted by atomic mass is 9.70. The SMILES string of the molecule is C=C(C)[O-].C=C(C)[O-].CC(=O)CC1C([N+](=O)[O-])CC([N+](=O)[O-])C(C)C1[N+](=O)[O-].CC(C)=O.Cc1c([N+](=O)[O-])cc([N+](=O)[O-])cc1[N+](=O)[O-].O. The summed E-state index contributed by atoms with van der Waals surface area (Å²) < 4.78 is 0. The van der Waals surface area contributed by atoms with Crippen molar-refractivity contribution in [1.29, 1.82) is 0 Å². The molecule has 1 aromatic rings. The van der Waals surface area contributed by atoms with E-state index in [0.29, 0.717) is 12.1 Å². The van der Waals surface area contributed by atoms with Crippen LogP contribution in [0.15, 0.2) is 36.8 Å². The molecule has 2 rings (SSSR count).